The number of epoxide rings is 1. The van der Waals surface area contributed by atoms with Gasteiger partial charge < -0.3 is 4.74 Å². The molecule has 1 saturated heterocycles. The van der Waals surface area contributed by atoms with E-state index in [4.69, 9.17) is 4.74 Å². The molecule has 26 heavy (non-hydrogen) atoms. The van der Waals surface area contributed by atoms with Crippen molar-refractivity contribution in [1.29, 1.82) is 0 Å². The van der Waals surface area contributed by atoms with E-state index in [1.54, 1.807) is 11.8 Å². The number of benzene rings is 2. The fourth-order valence-electron chi connectivity index (χ4n) is 3.04. The maximum atomic E-state index is 5.54. The monoisotopic (exact) mass is 363 g/mol. The molecule has 4 heteroatoms. The van der Waals surface area contributed by atoms with Crippen LogP contribution in [0.5, 0.6) is 0 Å². The quantitative estimate of drug-likeness (QED) is 0.285. The highest BCUT2D eigenvalue weighted by Crippen LogP contribution is 2.32. The summed E-state index contributed by atoms with van der Waals surface area (Å²) in [5, 5.41) is 1.15. The summed E-state index contributed by atoms with van der Waals surface area (Å²) >= 11 is 1.80. The normalized spacial score (nSPS) is 15.8. The number of hydrogen-bond acceptors (Lipinski definition) is 2. The summed E-state index contributed by atoms with van der Waals surface area (Å²) in [5.74, 6) is 0.897. The van der Waals surface area contributed by atoms with Crippen LogP contribution in [0.3, 0.4) is 0 Å². The van der Waals surface area contributed by atoms with Gasteiger partial charge in [0.1, 0.15) is 12.6 Å². The van der Waals surface area contributed by atoms with Crippen molar-refractivity contribution in [2.75, 3.05) is 12.4 Å². The van der Waals surface area contributed by atoms with Crippen LogP contribution < -0.4 is 4.57 Å². The van der Waals surface area contributed by atoms with Gasteiger partial charge in [-0.1, -0.05) is 72.8 Å². The van der Waals surface area contributed by atoms with Crippen LogP contribution in [0.25, 0.3) is 22.5 Å². The lowest BCUT2D eigenvalue weighted by Crippen LogP contribution is -2.39. The van der Waals surface area contributed by atoms with Gasteiger partial charge in [0, 0.05) is 16.9 Å². The van der Waals surface area contributed by atoms with Gasteiger partial charge in [0.2, 0.25) is 0 Å². The fraction of sp³-hybridized carbons (Fsp3) is 0.227. The molecule has 1 aliphatic heterocycles. The zero-order valence-corrected chi connectivity index (χ0v) is 15.8. The van der Waals surface area contributed by atoms with E-state index in [9.17, 15) is 0 Å². The highest BCUT2D eigenvalue weighted by Gasteiger charge is 2.33. The molecule has 132 valence electrons. The second kappa shape index (κ2) is 7.52. The first-order valence-electron chi connectivity index (χ1n) is 8.88. The van der Waals surface area contributed by atoms with E-state index in [0.717, 1.165) is 29.8 Å². The minimum atomic E-state index is 0.311. The Morgan fingerprint density at radius 1 is 1.12 bits per heavy atom. The smallest absolute Gasteiger partial charge is 0.317 e. The van der Waals surface area contributed by atoms with Gasteiger partial charge in [0.05, 0.1) is 6.61 Å². The number of nitrogens with one attached hydrogen (secondary N) is 1. The van der Waals surface area contributed by atoms with Crippen LogP contribution in [-0.4, -0.2) is 23.4 Å². The molecule has 4 rings (SSSR count). The minimum absolute atomic E-state index is 0.311. The second-order valence-corrected chi connectivity index (χ2v) is 7.66. The van der Waals surface area contributed by atoms with Crippen LogP contribution in [0.2, 0.25) is 0 Å². The maximum absolute atomic E-state index is 5.54. The Balaban J connectivity index is 1.87. The minimum Gasteiger partial charge on any atom is -0.369 e. The van der Waals surface area contributed by atoms with E-state index in [1.807, 2.05) is 0 Å². The molecule has 0 aliphatic carbocycles. The number of imidazole rings is 1. The number of nitrogens with zero attached hydrogens (tertiary/aromatic N) is 1. The SMILES string of the molecule is C=C(C)CSc1[nH]c(-c2ccccc2)c(-c2ccccc2)[n+]1C[C@H]1CO1. The number of hydrogen-bond donors (Lipinski definition) is 1. The molecule has 0 saturated carbocycles. The summed E-state index contributed by atoms with van der Waals surface area (Å²) in [4.78, 5) is 3.68. The van der Waals surface area contributed by atoms with Crippen LogP contribution >= 0.6 is 11.8 Å². The number of aromatic nitrogens is 2. The average Bonchev–Trinajstić information content (AvgIpc) is 3.41. The van der Waals surface area contributed by atoms with E-state index in [2.05, 4.69) is 83.7 Å². The van der Waals surface area contributed by atoms with Crippen LogP contribution in [0.15, 0.2) is 78.0 Å². The molecule has 1 fully saturated rings. The molecule has 3 aromatic rings. The van der Waals surface area contributed by atoms with Crippen LogP contribution in [0.1, 0.15) is 6.92 Å². The number of aromatic amines is 1. The maximum Gasteiger partial charge on any atom is 0.317 e. The van der Waals surface area contributed by atoms with Crippen molar-refractivity contribution in [3.8, 4) is 22.5 Å². The zero-order valence-electron chi connectivity index (χ0n) is 14.9. The summed E-state index contributed by atoms with van der Waals surface area (Å²) in [7, 11) is 0. The highest BCUT2D eigenvalue weighted by molar-refractivity contribution is 7.99. The lowest BCUT2D eigenvalue weighted by atomic mass is 10.0. The largest absolute Gasteiger partial charge is 0.369 e. The van der Waals surface area contributed by atoms with Gasteiger partial charge in [-0.15, -0.1) is 0 Å². The number of rotatable bonds is 7. The fourth-order valence-corrected chi connectivity index (χ4v) is 3.92. The Kier molecular flexibility index (Phi) is 4.96. The molecule has 0 radical (unpaired) electrons. The Morgan fingerprint density at radius 2 is 1.73 bits per heavy atom. The Hall–Kier alpha value is -2.30. The lowest BCUT2D eigenvalue weighted by molar-refractivity contribution is -0.722. The number of thioether (sulfide) groups is 1. The third-order valence-corrected chi connectivity index (χ3v) is 5.57. The van der Waals surface area contributed by atoms with E-state index in [-0.39, 0.29) is 0 Å². The molecule has 0 unspecified atom stereocenters. The molecule has 1 N–H and O–H groups in total. The van der Waals surface area contributed by atoms with Gasteiger partial charge in [0.15, 0.2) is 11.4 Å². The van der Waals surface area contributed by atoms with Crippen molar-refractivity contribution in [1.82, 2.24) is 4.98 Å². The van der Waals surface area contributed by atoms with E-state index in [0.29, 0.717) is 6.10 Å². The first-order valence-corrected chi connectivity index (χ1v) is 9.86. The standard InChI is InChI=1S/C22H22N2OS/c1-16(2)15-26-22-23-20(17-9-5-3-6-10-17)21(18-11-7-4-8-12-18)24(22)13-19-14-25-19/h3-12,19H,1,13-15H2,2H3/p+1/t19-/m0/s1. The van der Waals surface area contributed by atoms with Gasteiger partial charge in [-0.3, -0.25) is 0 Å². The van der Waals surface area contributed by atoms with Gasteiger partial charge in [-0.25, -0.2) is 9.55 Å². The van der Waals surface area contributed by atoms with Crippen molar-refractivity contribution in [2.45, 2.75) is 24.7 Å². The van der Waals surface area contributed by atoms with Gasteiger partial charge >= 0.3 is 5.16 Å². The Labute approximate surface area is 158 Å². The molecular formula is C22H23N2OS+. The molecule has 0 amide bonds. The average molecular weight is 364 g/mol. The van der Waals surface area contributed by atoms with E-state index >= 15 is 0 Å². The van der Waals surface area contributed by atoms with Crippen LogP contribution in [0.4, 0.5) is 0 Å². The summed E-state index contributed by atoms with van der Waals surface area (Å²) in [6.45, 7) is 7.83. The second-order valence-electron chi connectivity index (χ2n) is 6.70. The summed E-state index contributed by atoms with van der Waals surface area (Å²) in [6.07, 6.45) is 0.311. The van der Waals surface area contributed by atoms with Crippen LogP contribution in [-0.2, 0) is 11.3 Å². The molecule has 1 atom stereocenters. The molecule has 3 nitrogen and oxygen atoms in total. The van der Waals surface area contributed by atoms with Crippen molar-refractivity contribution in [3.63, 3.8) is 0 Å². The topological polar surface area (TPSA) is 32.2 Å². The molecule has 0 bridgehead atoms. The predicted molar refractivity (Wildman–Crippen MR) is 107 cm³/mol. The molecule has 0 spiro atoms. The highest BCUT2D eigenvalue weighted by atomic mass is 32.2. The number of ether oxygens (including phenoxy) is 1. The Morgan fingerprint density at radius 3 is 2.31 bits per heavy atom. The molecule has 1 aliphatic rings. The summed E-state index contributed by atoms with van der Waals surface area (Å²) in [5.41, 5.74) is 5.95. The molecule has 2 aromatic carbocycles. The first kappa shape index (κ1) is 17.1. The van der Waals surface area contributed by atoms with E-state index in [1.165, 1.54) is 22.4 Å². The van der Waals surface area contributed by atoms with Crippen molar-refractivity contribution < 1.29 is 9.30 Å². The van der Waals surface area contributed by atoms with Gasteiger partial charge in [-0.2, -0.15) is 0 Å². The van der Waals surface area contributed by atoms with Crippen LogP contribution in [0, 0.1) is 0 Å². The lowest BCUT2D eigenvalue weighted by Gasteiger charge is -2.05. The zero-order chi connectivity index (χ0) is 17.9. The first-order chi connectivity index (χ1) is 12.7. The predicted octanol–water partition coefficient (Wildman–Crippen LogP) is 4.70. The number of H-pyrrole nitrogens is 1. The molecule has 1 aromatic heterocycles. The Bertz CT molecular complexity index is 899. The van der Waals surface area contributed by atoms with E-state index < -0.39 is 0 Å². The third kappa shape index (κ3) is 3.76. The molecule has 2 heterocycles. The third-order valence-electron chi connectivity index (χ3n) is 4.34. The summed E-state index contributed by atoms with van der Waals surface area (Å²) < 4.78 is 7.92. The van der Waals surface area contributed by atoms with Gasteiger partial charge in [-0.05, 0) is 18.7 Å². The molecular weight excluding hydrogens is 340 g/mol. The van der Waals surface area contributed by atoms with Crippen molar-refractivity contribution >= 4 is 11.8 Å². The van der Waals surface area contributed by atoms with Gasteiger partial charge in [0.25, 0.3) is 0 Å². The van der Waals surface area contributed by atoms with Crippen molar-refractivity contribution in [3.05, 3.63) is 72.8 Å². The summed E-state index contributed by atoms with van der Waals surface area (Å²) in [6, 6.07) is 21.1. The van der Waals surface area contributed by atoms with Crippen molar-refractivity contribution in [2.24, 2.45) is 0 Å².